The second kappa shape index (κ2) is 7.72. The molecule has 0 aliphatic heterocycles. The van der Waals surface area contributed by atoms with Gasteiger partial charge in [-0.2, -0.15) is 21.6 Å². The molecule has 0 aliphatic carbocycles. The number of alkyl halides is 3. The molecule has 2 aromatic carbocycles. The maximum atomic E-state index is 10.7. The van der Waals surface area contributed by atoms with Crippen molar-refractivity contribution in [3.63, 3.8) is 0 Å². The van der Waals surface area contributed by atoms with Gasteiger partial charge in [0.1, 0.15) is 0 Å². The maximum Gasteiger partial charge on any atom is 0.522 e. The normalized spacial score (nSPS) is 11.7. The van der Waals surface area contributed by atoms with Gasteiger partial charge in [-0.3, -0.25) is 4.55 Å². The topological polar surface area (TPSA) is 54.4 Å². The van der Waals surface area contributed by atoms with Crippen LogP contribution < -0.4 is 10.6 Å². The van der Waals surface area contributed by atoms with Crippen molar-refractivity contribution in [2.45, 2.75) is 5.51 Å². The summed E-state index contributed by atoms with van der Waals surface area (Å²) in [5, 5.41) is 2.88. The first kappa shape index (κ1) is 18.6. The zero-order valence-corrected chi connectivity index (χ0v) is 13.2. The average Bonchev–Trinajstić information content (AvgIpc) is 2.47. The third-order valence-corrected chi connectivity index (χ3v) is 5.31. The highest BCUT2D eigenvalue weighted by molar-refractivity contribution is 7.86. The van der Waals surface area contributed by atoms with Crippen LogP contribution in [0.1, 0.15) is 0 Å². The lowest BCUT2D eigenvalue weighted by atomic mass is 10.4. The molecule has 1 N–H and O–H groups in total. The van der Waals surface area contributed by atoms with Crippen molar-refractivity contribution in [3.05, 3.63) is 60.7 Å². The highest BCUT2D eigenvalue weighted by Crippen LogP contribution is 2.27. The number of rotatable bonds is 2. The van der Waals surface area contributed by atoms with E-state index in [1.54, 1.807) is 0 Å². The van der Waals surface area contributed by atoms with E-state index >= 15 is 0 Å². The highest BCUT2D eigenvalue weighted by atomic mass is 32.2. The van der Waals surface area contributed by atoms with E-state index in [1.165, 1.54) is 10.6 Å². The molecule has 0 saturated heterocycles. The van der Waals surface area contributed by atoms with Gasteiger partial charge in [0, 0.05) is 0 Å². The van der Waals surface area contributed by atoms with E-state index < -0.39 is 15.6 Å². The van der Waals surface area contributed by atoms with E-state index in [0.29, 0.717) is 0 Å². The van der Waals surface area contributed by atoms with Crippen molar-refractivity contribution in [2.24, 2.45) is 0 Å². The summed E-state index contributed by atoms with van der Waals surface area (Å²) < 4.78 is 57.5. The van der Waals surface area contributed by atoms with E-state index in [9.17, 15) is 13.2 Å². The SMILES string of the molecule is CP(c1ccccc1)c1ccccc1.O=S(=O)(O)C(F)(F)F. The van der Waals surface area contributed by atoms with Gasteiger partial charge in [0.25, 0.3) is 0 Å². The van der Waals surface area contributed by atoms with Crippen molar-refractivity contribution in [1.82, 2.24) is 0 Å². The average molecular weight is 350 g/mol. The largest absolute Gasteiger partial charge is 0.522 e. The molecule has 0 atom stereocenters. The molecule has 0 spiro atoms. The molecule has 0 amide bonds. The molecule has 0 unspecified atom stereocenters. The molecule has 120 valence electrons. The van der Waals surface area contributed by atoms with E-state index in [-0.39, 0.29) is 7.92 Å². The summed E-state index contributed by atoms with van der Waals surface area (Å²) in [6, 6.07) is 21.4. The summed E-state index contributed by atoms with van der Waals surface area (Å²) in [7, 11) is -6.01. The Hall–Kier alpha value is -1.43. The maximum absolute atomic E-state index is 10.7. The van der Waals surface area contributed by atoms with Gasteiger partial charge >= 0.3 is 15.6 Å². The molecule has 0 heterocycles. The lowest BCUT2D eigenvalue weighted by Gasteiger charge is -2.12. The number of halogens is 3. The lowest BCUT2D eigenvalue weighted by Crippen LogP contribution is -2.21. The van der Waals surface area contributed by atoms with Gasteiger partial charge in [-0.05, 0) is 25.2 Å². The van der Waals surface area contributed by atoms with Gasteiger partial charge < -0.3 is 0 Å². The van der Waals surface area contributed by atoms with E-state index in [1.807, 2.05) is 0 Å². The molecular weight excluding hydrogens is 336 g/mol. The molecule has 0 fully saturated rings. The second-order valence-corrected chi connectivity index (χ2v) is 7.71. The molecule has 0 aliphatic rings. The van der Waals surface area contributed by atoms with Crippen LogP contribution in [0.2, 0.25) is 0 Å². The Morgan fingerprint density at radius 3 is 1.36 bits per heavy atom. The van der Waals surface area contributed by atoms with Crippen LogP contribution in [0.15, 0.2) is 60.7 Å². The van der Waals surface area contributed by atoms with Crippen LogP contribution in [0, 0.1) is 0 Å². The zero-order chi connectivity index (χ0) is 16.8. The number of benzene rings is 2. The first-order valence-corrected chi connectivity index (χ1v) is 9.23. The van der Waals surface area contributed by atoms with Crippen LogP contribution in [0.5, 0.6) is 0 Å². The summed E-state index contributed by atoms with van der Waals surface area (Å²) in [6.07, 6.45) is 0. The van der Waals surface area contributed by atoms with Crippen molar-refractivity contribution in [2.75, 3.05) is 6.66 Å². The Labute approximate surface area is 128 Å². The van der Waals surface area contributed by atoms with Gasteiger partial charge in [-0.15, -0.1) is 0 Å². The third-order valence-electron chi connectivity index (χ3n) is 2.58. The Bertz CT molecular complexity index is 634. The summed E-state index contributed by atoms with van der Waals surface area (Å²) in [6.45, 7) is 2.31. The van der Waals surface area contributed by atoms with Crippen molar-refractivity contribution >= 4 is 28.6 Å². The van der Waals surface area contributed by atoms with Gasteiger partial charge in [0.05, 0.1) is 0 Å². The van der Waals surface area contributed by atoms with Crippen LogP contribution in [0.4, 0.5) is 13.2 Å². The molecule has 0 saturated carbocycles. The first-order valence-electron chi connectivity index (χ1n) is 6.00. The summed E-state index contributed by atoms with van der Waals surface area (Å²) in [5.41, 5.74) is -5.53. The van der Waals surface area contributed by atoms with E-state index in [0.717, 1.165) is 0 Å². The van der Waals surface area contributed by atoms with Crippen LogP contribution in [0.3, 0.4) is 0 Å². The Morgan fingerprint density at radius 1 is 0.864 bits per heavy atom. The molecule has 2 rings (SSSR count). The quantitative estimate of drug-likeness (QED) is 0.514. The minimum atomic E-state index is -5.84. The third kappa shape index (κ3) is 5.75. The fourth-order valence-electron chi connectivity index (χ4n) is 1.45. The van der Waals surface area contributed by atoms with Crippen molar-refractivity contribution in [3.8, 4) is 0 Å². The monoisotopic (exact) mass is 350 g/mol. The smallest absolute Gasteiger partial charge is 0.279 e. The first-order chi connectivity index (χ1) is 10.1. The zero-order valence-electron chi connectivity index (χ0n) is 11.5. The Morgan fingerprint density at radius 2 is 1.14 bits per heavy atom. The molecule has 3 nitrogen and oxygen atoms in total. The van der Waals surface area contributed by atoms with Gasteiger partial charge in [0.2, 0.25) is 0 Å². The van der Waals surface area contributed by atoms with Crippen LogP contribution in [-0.2, 0) is 10.1 Å². The fourth-order valence-corrected chi connectivity index (χ4v) is 2.99. The molecule has 0 aromatic heterocycles. The van der Waals surface area contributed by atoms with Gasteiger partial charge in [-0.25, -0.2) is 0 Å². The predicted octanol–water partition coefficient (Wildman–Crippen LogP) is 3.14. The summed E-state index contributed by atoms with van der Waals surface area (Å²) >= 11 is 0. The second-order valence-electron chi connectivity index (χ2n) is 4.15. The summed E-state index contributed by atoms with van der Waals surface area (Å²) in [5.74, 6) is 0. The molecule has 0 bridgehead atoms. The minimum absolute atomic E-state index is 0.171. The predicted molar refractivity (Wildman–Crippen MR) is 82.6 cm³/mol. The van der Waals surface area contributed by atoms with Crippen LogP contribution in [-0.4, -0.2) is 25.1 Å². The fraction of sp³-hybridized carbons (Fsp3) is 0.143. The van der Waals surface area contributed by atoms with Gasteiger partial charge in [0.15, 0.2) is 0 Å². The summed E-state index contributed by atoms with van der Waals surface area (Å²) in [4.78, 5) is 0. The van der Waals surface area contributed by atoms with Gasteiger partial charge in [-0.1, -0.05) is 60.7 Å². The molecular formula is C14H14F3O3PS. The lowest BCUT2D eigenvalue weighted by molar-refractivity contribution is -0.0510. The molecule has 0 radical (unpaired) electrons. The Kier molecular flexibility index (Phi) is 6.53. The van der Waals surface area contributed by atoms with Crippen LogP contribution >= 0.6 is 7.92 Å². The molecule has 2 aromatic rings. The van der Waals surface area contributed by atoms with E-state index in [4.69, 9.17) is 13.0 Å². The van der Waals surface area contributed by atoms with Crippen molar-refractivity contribution in [1.29, 1.82) is 0 Å². The van der Waals surface area contributed by atoms with E-state index in [2.05, 4.69) is 67.3 Å². The number of hydrogen-bond acceptors (Lipinski definition) is 2. The number of hydrogen-bond donors (Lipinski definition) is 1. The minimum Gasteiger partial charge on any atom is -0.279 e. The highest BCUT2D eigenvalue weighted by Gasteiger charge is 2.44. The molecule has 8 heteroatoms. The van der Waals surface area contributed by atoms with Crippen molar-refractivity contribution < 1.29 is 26.1 Å². The Balaban J connectivity index is 0.000000261. The molecule has 22 heavy (non-hydrogen) atoms. The van der Waals surface area contributed by atoms with Crippen LogP contribution in [0.25, 0.3) is 0 Å². The standard InChI is InChI=1S/C13H13P.CHF3O3S/c1-14(12-8-4-2-5-9-12)13-10-6-3-7-11-13;2-1(3,4)8(5,6)7/h2-11H,1H3;(H,5,6,7).